The lowest BCUT2D eigenvalue weighted by molar-refractivity contribution is 0.0766. The van der Waals surface area contributed by atoms with Gasteiger partial charge in [-0.1, -0.05) is 51.8 Å². The lowest BCUT2D eigenvalue weighted by Crippen LogP contribution is -2.35. The minimum atomic E-state index is -0.0935. The standard InChI is InChI=1S/C18H14BrClN4O/c19-15-4-2-1-3-14(15)12-5-7-23(8-6-12)18(25)16-9-17-21-10-13(20)11-24(17)22-16/h1-5,9-11H,6-8H2. The van der Waals surface area contributed by atoms with Crippen LogP contribution in [0.15, 0.2) is 53.3 Å². The number of fused-ring (bicyclic) bond motifs is 1. The van der Waals surface area contributed by atoms with Crippen LogP contribution in [-0.4, -0.2) is 38.5 Å². The molecule has 2 aromatic heterocycles. The Bertz CT molecular complexity index is 998. The number of carbonyl (C=O) groups is 1. The fraction of sp³-hybridized carbons (Fsp3) is 0.167. The molecule has 3 aromatic rings. The van der Waals surface area contributed by atoms with Crippen LogP contribution in [-0.2, 0) is 0 Å². The summed E-state index contributed by atoms with van der Waals surface area (Å²) < 4.78 is 2.60. The van der Waals surface area contributed by atoms with E-state index < -0.39 is 0 Å². The van der Waals surface area contributed by atoms with E-state index in [0.717, 1.165) is 10.9 Å². The Morgan fingerprint density at radius 1 is 1.28 bits per heavy atom. The fourth-order valence-corrected chi connectivity index (χ4v) is 3.62. The Kier molecular flexibility index (Phi) is 4.31. The number of nitrogens with zero attached hydrogens (tertiary/aromatic N) is 4. The molecule has 0 fully saturated rings. The third-order valence-corrected chi connectivity index (χ3v) is 5.10. The minimum Gasteiger partial charge on any atom is -0.333 e. The average molecular weight is 418 g/mol. The highest BCUT2D eigenvalue weighted by atomic mass is 79.9. The van der Waals surface area contributed by atoms with Crippen molar-refractivity contribution in [3.63, 3.8) is 0 Å². The Morgan fingerprint density at radius 2 is 2.12 bits per heavy atom. The van der Waals surface area contributed by atoms with Gasteiger partial charge < -0.3 is 4.90 Å². The van der Waals surface area contributed by atoms with E-state index in [2.05, 4.69) is 38.2 Å². The third-order valence-electron chi connectivity index (χ3n) is 4.22. The Hall–Kier alpha value is -2.18. The molecule has 0 aliphatic carbocycles. The van der Waals surface area contributed by atoms with Crippen molar-refractivity contribution in [1.82, 2.24) is 19.5 Å². The van der Waals surface area contributed by atoms with Gasteiger partial charge >= 0.3 is 0 Å². The summed E-state index contributed by atoms with van der Waals surface area (Å²) in [7, 11) is 0. The molecular weight excluding hydrogens is 404 g/mol. The molecule has 0 saturated carbocycles. The SMILES string of the molecule is O=C(c1cc2ncc(Cl)cn2n1)N1CC=C(c2ccccc2Br)CC1. The highest BCUT2D eigenvalue weighted by Crippen LogP contribution is 2.29. The van der Waals surface area contributed by atoms with Crippen molar-refractivity contribution >= 4 is 44.7 Å². The molecule has 1 amide bonds. The van der Waals surface area contributed by atoms with Gasteiger partial charge in [-0.3, -0.25) is 4.79 Å². The van der Waals surface area contributed by atoms with Crippen LogP contribution in [0.3, 0.4) is 0 Å². The first-order chi connectivity index (χ1) is 12.1. The van der Waals surface area contributed by atoms with Gasteiger partial charge in [0.2, 0.25) is 0 Å². The monoisotopic (exact) mass is 416 g/mol. The predicted octanol–water partition coefficient (Wildman–Crippen LogP) is 4.07. The van der Waals surface area contributed by atoms with Crippen LogP contribution in [0.5, 0.6) is 0 Å². The van der Waals surface area contributed by atoms with E-state index >= 15 is 0 Å². The molecule has 126 valence electrons. The van der Waals surface area contributed by atoms with Crippen molar-refractivity contribution in [2.45, 2.75) is 6.42 Å². The van der Waals surface area contributed by atoms with E-state index in [4.69, 9.17) is 11.6 Å². The second-order valence-electron chi connectivity index (χ2n) is 5.81. The maximum atomic E-state index is 12.7. The largest absolute Gasteiger partial charge is 0.333 e. The van der Waals surface area contributed by atoms with Gasteiger partial charge in [0.1, 0.15) is 0 Å². The molecule has 7 heteroatoms. The van der Waals surface area contributed by atoms with Gasteiger partial charge in [0.25, 0.3) is 5.91 Å². The van der Waals surface area contributed by atoms with Gasteiger partial charge in [-0.2, -0.15) is 5.10 Å². The molecule has 0 bridgehead atoms. The van der Waals surface area contributed by atoms with Crippen molar-refractivity contribution in [3.8, 4) is 0 Å². The summed E-state index contributed by atoms with van der Waals surface area (Å²) in [6.07, 6.45) is 6.10. The maximum absolute atomic E-state index is 12.7. The first kappa shape index (κ1) is 16.3. The molecule has 3 heterocycles. The quantitative estimate of drug-likeness (QED) is 0.631. The predicted molar refractivity (Wildman–Crippen MR) is 101 cm³/mol. The van der Waals surface area contributed by atoms with Crippen LogP contribution in [0.1, 0.15) is 22.5 Å². The zero-order valence-electron chi connectivity index (χ0n) is 13.2. The number of aromatic nitrogens is 3. The number of benzene rings is 1. The second kappa shape index (κ2) is 6.61. The Morgan fingerprint density at radius 3 is 2.88 bits per heavy atom. The van der Waals surface area contributed by atoms with Crippen LogP contribution in [0, 0.1) is 0 Å². The fourth-order valence-electron chi connectivity index (χ4n) is 2.94. The number of hydrogen-bond donors (Lipinski definition) is 0. The molecule has 0 saturated heterocycles. The van der Waals surface area contributed by atoms with Crippen molar-refractivity contribution in [2.75, 3.05) is 13.1 Å². The molecule has 0 N–H and O–H groups in total. The van der Waals surface area contributed by atoms with E-state index in [-0.39, 0.29) is 5.91 Å². The molecule has 0 unspecified atom stereocenters. The smallest absolute Gasteiger partial charge is 0.274 e. The molecule has 1 aliphatic rings. The van der Waals surface area contributed by atoms with Gasteiger partial charge in [0.05, 0.1) is 11.2 Å². The number of hydrogen-bond acceptors (Lipinski definition) is 3. The summed E-state index contributed by atoms with van der Waals surface area (Å²) in [6, 6.07) is 9.82. The molecule has 0 spiro atoms. The molecule has 4 rings (SSSR count). The molecule has 1 aromatic carbocycles. The van der Waals surface area contributed by atoms with Gasteiger partial charge in [-0.15, -0.1) is 0 Å². The first-order valence-electron chi connectivity index (χ1n) is 7.86. The van der Waals surface area contributed by atoms with Crippen LogP contribution >= 0.6 is 27.5 Å². The molecule has 25 heavy (non-hydrogen) atoms. The summed E-state index contributed by atoms with van der Waals surface area (Å²) in [6.45, 7) is 1.23. The molecule has 5 nitrogen and oxygen atoms in total. The van der Waals surface area contributed by atoms with Crippen LogP contribution in [0.4, 0.5) is 0 Å². The Balaban J connectivity index is 1.55. The van der Waals surface area contributed by atoms with Gasteiger partial charge in [0, 0.05) is 29.8 Å². The lowest BCUT2D eigenvalue weighted by Gasteiger charge is -2.26. The van der Waals surface area contributed by atoms with E-state index in [1.807, 2.05) is 18.2 Å². The highest BCUT2D eigenvalue weighted by molar-refractivity contribution is 9.10. The number of rotatable bonds is 2. The molecule has 0 radical (unpaired) electrons. The Labute approximate surface area is 158 Å². The normalized spacial score (nSPS) is 14.6. The van der Waals surface area contributed by atoms with E-state index in [9.17, 15) is 4.79 Å². The highest BCUT2D eigenvalue weighted by Gasteiger charge is 2.22. The summed E-state index contributed by atoms with van der Waals surface area (Å²) in [4.78, 5) is 18.7. The zero-order chi connectivity index (χ0) is 17.4. The van der Waals surface area contributed by atoms with Crippen LogP contribution in [0.2, 0.25) is 5.02 Å². The summed E-state index contributed by atoms with van der Waals surface area (Å²) >= 11 is 9.50. The minimum absolute atomic E-state index is 0.0935. The van der Waals surface area contributed by atoms with E-state index in [1.54, 1.807) is 23.4 Å². The first-order valence-corrected chi connectivity index (χ1v) is 9.03. The van der Waals surface area contributed by atoms with Crippen molar-refractivity contribution in [1.29, 1.82) is 0 Å². The van der Waals surface area contributed by atoms with Gasteiger partial charge in [0.15, 0.2) is 11.3 Å². The summed E-state index contributed by atoms with van der Waals surface area (Å²) in [5, 5.41) is 4.77. The van der Waals surface area contributed by atoms with Crippen LogP contribution < -0.4 is 0 Å². The second-order valence-corrected chi connectivity index (χ2v) is 7.11. The van der Waals surface area contributed by atoms with Crippen molar-refractivity contribution in [2.24, 2.45) is 0 Å². The summed E-state index contributed by atoms with van der Waals surface area (Å²) in [5.41, 5.74) is 3.42. The van der Waals surface area contributed by atoms with Crippen molar-refractivity contribution < 1.29 is 4.79 Å². The number of carbonyl (C=O) groups excluding carboxylic acids is 1. The van der Waals surface area contributed by atoms with Gasteiger partial charge in [-0.05, 0) is 23.6 Å². The van der Waals surface area contributed by atoms with Crippen molar-refractivity contribution in [3.05, 3.63) is 69.6 Å². The topological polar surface area (TPSA) is 50.5 Å². The van der Waals surface area contributed by atoms with E-state index in [0.29, 0.717) is 29.5 Å². The summed E-state index contributed by atoms with van der Waals surface area (Å²) in [5.74, 6) is -0.0935. The maximum Gasteiger partial charge on any atom is 0.274 e. The van der Waals surface area contributed by atoms with Gasteiger partial charge in [-0.25, -0.2) is 9.50 Å². The zero-order valence-corrected chi connectivity index (χ0v) is 15.5. The number of halogens is 2. The van der Waals surface area contributed by atoms with Crippen LogP contribution in [0.25, 0.3) is 11.2 Å². The lowest BCUT2D eigenvalue weighted by atomic mass is 9.99. The third kappa shape index (κ3) is 3.19. The molecular formula is C18H14BrClN4O. The number of amides is 1. The molecule has 1 aliphatic heterocycles. The molecule has 0 atom stereocenters. The van der Waals surface area contributed by atoms with E-state index in [1.165, 1.54) is 15.7 Å². The average Bonchev–Trinajstić information content (AvgIpc) is 3.05.